The highest BCUT2D eigenvalue weighted by molar-refractivity contribution is 7.55. The first-order valence-electron chi connectivity index (χ1n) is 10.7. The quantitative estimate of drug-likeness (QED) is 0.193. The van der Waals surface area contributed by atoms with Crippen molar-refractivity contribution in [2.24, 2.45) is 0 Å². The van der Waals surface area contributed by atoms with Crippen LogP contribution in [0.5, 0.6) is 17.2 Å². The predicted molar refractivity (Wildman–Crippen MR) is 136 cm³/mol. The molecule has 4 nitrogen and oxygen atoms in total. The van der Waals surface area contributed by atoms with E-state index in [2.05, 4.69) is 13.5 Å². The van der Waals surface area contributed by atoms with Gasteiger partial charge >= 0.3 is 7.60 Å². The van der Waals surface area contributed by atoms with Gasteiger partial charge in [-0.3, -0.25) is 0 Å². The lowest BCUT2D eigenvalue weighted by atomic mass is 10.0. The highest BCUT2D eigenvalue weighted by Crippen LogP contribution is 2.63. The van der Waals surface area contributed by atoms with Crippen molar-refractivity contribution in [1.29, 1.82) is 0 Å². The Morgan fingerprint density at radius 3 is 1.73 bits per heavy atom. The summed E-state index contributed by atoms with van der Waals surface area (Å²) in [5, 5.41) is 1.10. The SMILES string of the molecule is C=C(CCCC)C(c1ccc(OC)cc1)P(=O)(Oc1ccc(Cl)cc1)Oc1ccc(Cl)cc1. The van der Waals surface area contributed by atoms with Gasteiger partial charge in [0.15, 0.2) is 0 Å². The van der Waals surface area contributed by atoms with Gasteiger partial charge in [-0.15, -0.1) is 0 Å². The van der Waals surface area contributed by atoms with Crippen LogP contribution in [0.15, 0.2) is 84.9 Å². The average molecular weight is 505 g/mol. The molecule has 0 N–H and O–H groups in total. The third kappa shape index (κ3) is 6.80. The Kier molecular flexibility index (Phi) is 8.91. The molecule has 174 valence electrons. The molecule has 33 heavy (non-hydrogen) atoms. The summed E-state index contributed by atoms with van der Waals surface area (Å²) in [7, 11) is -2.27. The maximum atomic E-state index is 14.6. The van der Waals surface area contributed by atoms with Crippen molar-refractivity contribution >= 4 is 30.8 Å². The smallest absolute Gasteiger partial charge is 0.442 e. The Bertz CT molecular complexity index is 1050. The molecule has 3 aromatic carbocycles. The maximum absolute atomic E-state index is 14.6. The number of rotatable bonds is 11. The summed E-state index contributed by atoms with van der Waals surface area (Å²) in [6.07, 6.45) is 2.58. The van der Waals surface area contributed by atoms with Crippen molar-refractivity contribution in [3.05, 3.63) is 101 Å². The molecular weight excluding hydrogens is 478 g/mol. The fourth-order valence-corrected chi connectivity index (χ4v) is 5.82. The summed E-state index contributed by atoms with van der Waals surface area (Å²) in [6, 6.07) is 20.8. The van der Waals surface area contributed by atoms with Crippen molar-refractivity contribution in [3.8, 4) is 17.2 Å². The molecule has 0 saturated carbocycles. The number of allylic oxidation sites excluding steroid dienone is 1. The van der Waals surface area contributed by atoms with E-state index in [0.29, 0.717) is 33.7 Å². The molecule has 7 heteroatoms. The van der Waals surface area contributed by atoms with Crippen LogP contribution < -0.4 is 13.8 Å². The number of benzene rings is 3. The largest absolute Gasteiger partial charge is 0.497 e. The number of ether oxygens (including phenoxy) is 1. The van der Waals surface area contributed by atoms with Crippen LogP contribution in [0.25, 0.3) is 0 Å². The second kappa shape index (κ2) is 11.7. The predicted octanol–water partition coefficient (Wildman–Crippen LogP) is 9.14. The topological polar surface area (TPSA) is 44.8 Å². The molecule has 0 bridgehead atoms. The highest BCUT2D eigenvalue weighted by atomic mass is 35.5. The first-order valence-corrected chi connectivity index (χ1v) is 13.0. The number of halogens is 2. The van der Waals surface area contributed by atoms with Crippen LogP contribution >= 0.6 is 30.8 Å². The van der Waals surface area contributed by atoms with E-state index < -0.39 is 13.3 Å². The van der Waals surface area contributed by atoms with Gasteiger partial charge in [0.05, 0.1) is 7.11 Å². The van der Waals surface area contributed by atoms with Crippen LogP contribution in [-0.2, 0) is 4.57 Å². The normalized spacial score (nSPS) is 12.1. The molecule has 0 saturated heterocycles. The summed E-state index contributed by atoms with van der Waals surface area (Å²) >= 11 is 12.1. The van der Waals surface area contributed by atoms with Gasteiger partial charge in [-0.1, -0.05) is 60.8 Å². The van der Waals surface area contributed by atoms with E-state index in [1.54, 1.807) is 55.6 Å². The second-order valence-electron chi connectivity index (χ2n) is 7.57. The van der Waals surface area contributed by atoms with Gasteiger partial charge in [-0.25, -0.2) is 4.57 Å². The van der Waals surface area contributed by atoms with Crippen molar-refractivity contribution in [2.45, 2.75) is 31.8 Å². The molecule has 3 aromatic rings. The zero-order valence-electron chi connectivity index (χ0n) is 18.7. The lowest BCUT2D eigenvalue weighted by Crippen LogP contribution is -2.13. The van der Waals surface area contributed by atoms with E-state index in [1.807, 2.05) is 24.3 Å². The van der Waals surface area contributed by atoms with Crippen LogP contribution in [-0.4, -0.2) is 7.11 Å². The standard InChI is InChI=1S/C26H27Cl2O4P/c1-4-5-6-19(2)26(20-7-13-23(30-3)14-8-20)33(29,31-24-15-9-21(27)10-16-24)32-25-17-11-22(28)12-18-25/h7-18,26H,2,4-6H2,1,3H3. The molecule has 0 aliphatic heterocycles. The number of unbranched alkanes of at least 4 members (excludes halogenated alkanes) is 1. The summed E-state index contributed by atoms with van der Waals surface area (Å²) in [4.78, 5) is 0. The minimum Gasteiger partial charge on any atom is -0.497 e. The van der Waals surface area contributed by atoms with Gasteiger partial charge in [-0.2, -0.15) is 0 Å². The molecule has 3 rings (SSSR count). The molecular formula is C26H27Cl2O4P. The summed E-state index contributed by atoms with van der Waals surface area (Å²) in [5.41, 5.74) is 0.845. The van der Waals surface area contributed by atoms with Crippen molar-refractivity contribution < 1.29 is 18.3 Å². The monoisotopic (exact) mass is 504 g/mol. The Balaban J connectivity index is 2.09. The van der Waals surface area contributed by atoms with Crippen molar-refractivity contribution in [2.75, 3.05) is 7.11 Å². The summed E-state index contributed by atoms with van der Waals surface area (Å²) in [6.45, 7) is 6.38. The van der Waals surface area contributed by atoms with E-state index in [-0.39, 0.29) is 0 Å². The molecule has 0 aliphatic rings. The Labute approximate surface area is 205 Å². The molecule has 0 fully saturated rings. The summed E-state index contributed by atoms with van der Waals surface area (Å²) in [5.74, 6) is 1.47. The van der Waals surface area contributed by atoms with Gasteiger partial charge in [-0.05, 0) is 79.1 Å². The van der Waals surface area contributed by atoms with Crippen LogP contribution in [0.2, 0.25) is 10.0 Å². The zero-order chi connectivity index (χ0) is 23.8. The van der Waals surface area contributed by atoms with Gasteiger partial charge < -0.3 is 13.8 Å². The van der Waals surface area contributed by atoms with Crippen molar-refractivity contribution in [3.63, 3.8) is 0 Å². The van der Waals surface area contributed by atoms with Gasteiger partial charge in [0, 0.05) is 10.0 Å². The minimum atomic E-state index is -3.87. The molecule has 0 amide bonds. The van der Waals surface area contributed by atoms with E-state index in [0.717, 1.165) is 24.0 Å². The van der Waals surface area contributed by atoms with Crippen LogP contribution in [0.1, 0.15) is 37.4 Å². The Morgan fingerprint density at radius 1 is 0.848 bits per heavy atom. The fraction of sp³-hybridized carbons (Fsp3) is 0.231. The van der Waals surface area contributed by atoms with E-state index >= 15 is 0 Å². The zero-order valence-corrected chi connectivity index (χ0v) is 21.1. The van der Waals surface area contributed by atoms with E-state index in [1.165, 1.54) is 0 Å². The lowest BCUT2D eigenvalue weighted by Gasteiger charge is -2.29. The third-order valence-corrected chi connectivity index (χ3v) is 7.81. The van der Waals surface area contributed by atoms with Gasteiger partial charge in [0.1, 0.15) is 22.9 Å². The van der Waals surface area contributed by atoms with Crippen LogP contribution in [0.3, 0.4) is 0 Å². The molecule has 1 unspecified atom stereocenters. The van der Waals surface area contributed by atoms with Crippen LogP contribution in [0, 0.1) is 0 Å². The molecule has 0 spiro atoms. The maximum Gasteiger partial charge on any atom is 0.442 e. The first-order chi connectivity index (χ1) is 15.8. The fourth-order valence-electron chi connectivity index (χ4n) is 3.38. The molecule has 0 heterocycles. The summed E-state index contributed by atoms with van der Waals surface area (Å²) < 4.78 is 32.1. The Morgan fingerprint density at radius 2 is 1.30 bits per heavy atom. The number of hydrogen-bond donors (Lipinski definition) is 0. The molecule has 1 atom stereocenters. The van der Waals surface area contributed by atoms with E-state index in [9.17, 15) is 4.57 Å². The molecule has 0 radical (unpaired) electrons. The minimum absolute atomic E-state index is 0.388. The van der Waals surface area contributed by atoms with Crippen LogP contribution in [0.4, 0.5) is 0 Å². The average Bonchev–Trinajstić information content (AvgIpc) is 2.81. The molecule has 0 aliphatic carbocycles. The third-order valence-electron chi connectivity index (χ3n) is 5.08. The molecule has 0 aromatic heterocycles. The van der Waals surface area contributed by atoms with Crippen molar-refractivity contribution in [1.82, 2.24) is 0 Å². The lowest BCUT2D eigenvalue weighted by molar-refractivity contribution is 0.376. The van der Waals surface area contributed by atoms with Gasteiger partial charge in [0.2, 0.25) is 0 Å². The van der Waals surface area contributed by atoms with Gasteiger partial charge in [0.25, 0.3) is 0 Å². The Hall–Kier alpha value is -2.39. The number of hydrogen-bond acceptors (Lipinski definition) is 4. The highest BCUT2D eigenvalue weighted by Gasteiger charge is 2.42. The number of methoxy groups -OCH3 is 1. The van der Waals surface area contributed by atoms with E-state index in [4.69, 9.17) is 37.0 Å². The first kappa shape index (κ1) is 25.2. The second-order valence-corrected chi connectivity index (χ2v) is 10.4.